The first-order valence-electron chi connectivity index (χ1n) is 5.73. The van der Waals surface area contributed by atoms with Gasteiger partial charge in [0.2, 0.25) is 0 Å². The Labute approximate surface area is 90.9 Å². The van der Waals surface area contributed by atoms with Crippen LogP contribution in [0.25, 0.3) is 0 Å². The van der Waals surface area contributed by atoms with Crippen LogP contribution < -0.4 is 5.73 Å². The minimum Gasteiger partial charge on any atom is -0.345 e. The molecular formula is C11H20N4. The maximum absolute atomic E-state index is 6.14. The zero-order valence-electron chi connectivity index (χ0n) is 9.53. The van der Waals surface area contributed by atoms with Gasteiger partial charge in [0.25, 0.3) is 0 Å². The molecule has 0 aromatic carbocycles. The average molecular weight is 208 g/mol. The summed E-state index contributed by atoms with van der Waals surface area (Å²) in [5.41, 5.74) is 7.25. The highest BCUT2D eigenvalue weighted by Crippen LogP contribution is 2.29. The Morgan fingerprint density at radius 3 is 3.07 bits per heavy atom. The molecule has 0 aliphatic carbocycles. The number of hydrogen-bond acceptors (Lipinski definition) is 3. The Hall–Kier alpha value is -0.870. The zero-order valence-corrected chi connectivity index (χ0v) is 9.53. The molecule has 1 aliphatic rings. The molecule has 84 valence electrons. The summed E-state index contributed by atoms with van der Waals surface area (Å²) >= 11 is 0. The van der Waals surface area contributed by atoms with Gasteiger partial charge in [0.1, 0.15) is 5.82 Å². The van der Waals surface area contributed by atoms with Crippen LogP contribution in [0.15, 0.2) is 6.20 Å². The molecule has 0 radical (unpaired) electrons. The zero-order chi connectivity index (χ0) is 10.8. The molecule has 1 aromatic heterocycles. The average Bonchev–Trinajstić information content (AvgIpc) is 2.74. The van der Waals surface area contributed by atoms with Crippen molar-refractivity contribution in [2.24, 2.45) is 5.73 Å². The Balaban J connectivity index is 2.17. The van der Waals surface area contributed by atoms with Crippen LogP contribution in [0, 0.1) is 6.92 Å². The molecule has 0 amide bonds. The minimum atomic E-state index is 0.224. The van der Waals surface area contributed by atoms with Crippen LogP contribution in [-0.4, -0.2) is 34.0 Å². The number of aromatic nitrogens is 2. The van der Waals surface area contributed by atoms with Crippen molar-refractivity contribution in [1.82, 2.24) is 14.9 Å². The first kappa shape index (κ1) is 10.6. The number of nitrogens with one attached hydrogen (secondary N) is 1. The maximum atomic E-state index is 6.14. The molecule has 2 atom stereocenters. The predicted octanol–water partition coefficient (Wildman–Crippen LogP) is 1.20. The number of aromatic amines is 1. The number of likely N-dealkylation sites (tertiary alicyclic amines) is 1. The van der Waals surface area contributed by atoms with E-state index >= 15 is 0 Å². The number of nitrogens with zero attached hydrogens (tertiary/aromatic N) is 2. The largest absolute Gasteiger partial charge is 0.345 e. The fourth-order valence-electron chi connectivity index (χ4n) is 2.38. The van der Waals surface area contributed by atoms with Crippen LogP contribution in [-0.2, 0) is 0 Å². The standard InChI is InChI=1S/C11H20N4/c1-3-5-15-6-4-9(12)10(15)11-13-7-8(2)14-11/h7,9-10H,3-6,12H2,1-2H3,(H,13,14)/t9-,10-/m1/s1. The second-order valence-corrected chi connectivity index (χ2v) is 4.38. The lowest BCUT2D eigenvalue weighted by molar-refractivity contribution is 0.240. The highest BCUT2D eigenvalue weighted by atomic mass is 15.2. The third-order valence-electron chi connectivity index (χ3n) is 3.06. The number of aryl methyl sites for hydroxylation is 1. The van der Waals surface area contributed by atoms with Crippen molar-refractivity contribution < 1.29 is 0 Å². The number of H-pyrrole nitrogens is 1. The molecule has 15 heavy (non-hydrogen) atoms. The van der Waals surface area contributed by atoms with Gasteiger partial charge < -0.3 is 10.7 Å². The van der Waals surface area contributed by atoms with Gasteiger partial charge in [0.05, 0.1) is 6.04 Å². The van der Waals surface area contributed by atoms with Gasteiger partial charge >= 0.3 is 0 Å². The van der Waals surface area contributed by atoms with Gasteiger partial charge in [-0.05, 0) is 26.3 Å². The molecule has 4 nitrogen and oxygen atoms in total. The lowest BCUT2D eigenvalue weighted by atomic mass is 10.1. The highest BCUT2D eigenvalue weighted by molar-refractivity contribution is 5.08. The van der Waals surface area contributed by atoms with E-state index in [0.717, 1.165) is 31.0 Å². The van der Waals surface area contributed by atoms with Crippen LogP contribution in [0.3, 0.4) is 0 Å². The molecule has 2 rings (SSSR count). The second kappa shape index (κ2) is 4.33. The smallest absolute Gasteiger partial charge is 0.125 e. The van der Waals surface area contributed by atoms with Crippen LogP contribution in [0.5, 0.6) is 0 Å². The van der Waals surface area contributed by atoms with E-state index in [-0.39, 0.29) is 6.04 Å². The fraction of sp³-hybridized carbons (Fsp3) is 0.727. The van der Waals surface area contributed by atoms with E-state index in [4.69, 9.17) is 5.73 Å². The minimum absolute atomic E-state index is 0.224. The summed E-state index contributed by atoms with van der Waals surface area (Å²) in [6.07, 6.45) is 4.12. The molecule has 2 heterocycles. The van der Waals surface area contributed by atoms with E-state index in [1.807, 2.05) is 13.1 Å². The summed E-state index contributed by atoms with van der Waals surface area (Å²) in [5.74, 6) is 1.03. The highest BCUT2D eigenvalue weighted by Gasteiger charge is 2.33. The van der Waals surface area contributed by atoms with Crippen LogP contribution in [0.4, 0.5) is 0 Å². The normalized spacial score (nSPS) is 27.4. The van der Waals surface area contributed by atoms with Gasteiger partial charge in [-0.1, -0.05) is 6.92 Å². The van der Waals surface area contributed by atoms with Crippen molar-refractivity contribution >= 4 is 0 Å². The second-order valence-electron chi connectivity index (χ2n) is 4.38. The topological polar surface area (TPSA) is 57.9 Å². The molecular weight excluding hydrogens is 188 g/mol. The molecule has 1 fully saturated rings. The van der Waals surface area contributed by atoms with Crippen molar-refractivity contribution in [1.29, 1.82) is 0 Å². The van der Waals surface area contributed by atoms with E-state index in [2.05, 4.69) is 21.8 Å². The van der Waals surface area contributed by atoms with Crippen LogP contribution >= 0.6 is 0 Å². The summed E-state index contributed by atoms with van der Waals surface area (Å²) in [5, 5.41) is 0. The first-order chi connectivity index (χ1) is 7.22. The van der Waals surface area contributed by atoms with Gasteiger partial charge in [0.15, 0.2) is 0 Å². The number of nitrogens with two attached hydrogens (primary N) is 1. The van der Waals surface area contributed by atoms with Gasteiger partial charge in [-0.25, -0.2) is 4.98 Å². The summed E-state index contributed by atoms with van der Waals surface area (Å²) in [6.45, 7) is 6.44. The fourth-order valence-corrected chi connectivity index (χ4v) is 2.38. The molecule has 0 saturated carbocycles. The third-order valence-corrected chi connectivity index (χ3v) is 3.06. The quantitative estimate of drug-likeness (QED) is 0.784. The SMILES string of the molecule is CCCN1CC[C@@H](N)[C@@H]1c1ncc(C)[nH]1. The Kier molecular flexibility index (Phi) is 3.07. The molecule has 0 bridgehead atoms. The monoisotopic (exact) mass is 208 g/mol. The van der Waals surface area contributed by atoms with E-state index in [9.17, 15) is 0 Å². The molecule has 4 heteroatoms. The lowest BCUT2D eigenvalue weighted by Gasteiger charge is -2.24. The summed E-state index contributed by atoms with van der Waals surface area (Å²) in [4.78, 5) is 10.1. The van der Waals surface area contributed by atoms with Gasteiger partial charge in [0, 0.05) is 24.5 Å². The number of rotatable bonds is 3. The van der Waals surface area contributed by atoms with E-state index in [1.165, 1.54) is 6.42 Å². The number of imidazole rings is 1. The van der Waals surface area contributed by atoms with E-state index in [1.54, 1.807) is 0 Å². The van der Waals surface area contributed by atoms with Gasteiger partial charge in [-0.15, -0.1) is 0 Å². The molecule has 1 aliphatic heterocycles. The van der Waals surface area contributed by atoms with Crippen LogP contribution in [0.2, 0.25) is 0 Å². The molecule has 1 aromatic rings. The summed E-state index contributed by atoms with van der Waals surface area (Å²) in [6, 6.07) is 0.515. The summed E-state index contributed by atoms with van der Waals surface area (Å²) < 4.78 is 0. The van der Waals surface area contributed by atoms with Gasteiger partial charge in [-0.3, -0.25) is 4.90 Å². The van der Waals surface area contributed by atoms with Crippen molar-refractivity contribution in [2.45, 2.75) is 38.8 Å². The number of hydrogen-bond donors (Lipinski definition) is 2. The van der Waals surface area contributed by atoms with Gasteiger partial charge in [-0.2, -0.15) is 0 Å². The Morgan fingerprint density at radius 2 is 2.47 bits per heavy atom. The van der Waals surface area contributed by atoms with Crippen LogP contribution in [0.1, 0.15) is 37.3 Å². The molecule has 1 saturated heterocycles. The molecule has 0 unspecified atom stereocenters. The third kappa shape index (κ3) is 2.06. The molecule has 0 spiro atoms. The van der Waals surface area contributed by atoms with E-state index < -0.39 is 0 Å². The Morgan fingerprint density at radius 1 is 1.67 bits per heavy atom. The molecule has 3 N–H and O–H groups in total. The van der Waals surface area contributed by atoms with Crippen molar-refractivity contribution in [3.63, 3.8) is 0 Å². The first-order valence-corrected chi connectivity index (χ1v) is 5.73. The Bertz CT molecular complexity index is 318. The predicted molar refractivity (Wildman–Crippen MR) is 60.5 cm³/mol. The maximum Gasteiger partial charge on any atom is 0.125 e. The summed E-state index contributed by atoms with van der Waals surface area (Å²) in [7, 11) is 0. The van der Waals surface area contributed by atoms with Crippen molar-refractivity contribution in [3.05, 3.63) is 17.7 Å². The van der Waals surface area contributed by atoms with Crippen molar-refractivity contribution in [2.75, 3.05) is 13.1 Å². The van der Waals surface area contributed by atoms with Crippen molar-refractivity contribution in [3.8, 4) is 0 Å². The lowest BCUT2D eigenvalue weighted by Crippen LogP contribution is -2.33. The van der Waals surface area contributed by atoms with E-state index in [0.29, 0.717) is 6.04 Å².